The van der Waals surface area contributed by atoms with Crippen LogP contribution in [0.4, 0.5) is 17.1 Å². The molecule has 1 aliphatic heterocycles. The van der Waals surface area contributed by atoms with Crippen molar-refractivity contribution in [1.29, 1.82) is 0 Å². The molecule has 0 radical (unpaired) electrons. The zero-order chi connectivity index (χ0) is 53.9. The molecule has 0 N–H and O–H groups in total. The molecule has 382 valence electrons. The smallest absolute Gasteiger partial charge is 0.0754 e. The first-order valence-electron chi connectivity index (χ1n) is 28.4. The van der Waals surface area contributed by atoms with Crippen molar-refractivity contribution >= 4 is 60.7 Å². The molecule has 1 aliphatic carbocycles. The van der Waals surface area contributed by atoms with Gasteiger partial charge in [0.25, 0.3) is 0 Å². The Morgan fingerprint density at radius 3 is 1.56 bits per heavy atom. The lowest BCUT2D eigenvalue weighted by Crippen LogP contribution is -2.33. The van der Waals surface area contributed by atoms with Gasteiger partial charge in [0.2, 0.25) is 0 Å². The minimum absolute atomic E-state index is 0.528. The van der Waals surface area contributed by atoms with E-state index in [1.165, 1.54) is 110 Å². The third kappa shape index (κ3) is 6.71. The summed E-state index contributed by atoms with van der Waals surface area (Å²) in [6, 6.07) is 115. The Morgan fingerprint density at radius 2 is 0.768 bits per heavy atom. The number of benzene rings is 13. The lowest BCUT2D eigenvalue weighted by atomic mass is 9.65. The van der Waals surface area contributed by atoms with Gasteiger partial charge in [-0.25, -0.2) is 0 Å². The molecule has 17 rings (SSSR count). The average Bonchev–Trinajstić information content (AvgIpc) is 2.52. The fourth-order valence-corrected chi connectivity index (χ4v) is 14.3. The van der Waals surface area contributed by atoms with E-state index in [4.69, 9.17) is 0 Å². The van der Waals surface area contributed by atoms with Crippen LogP contribution in [0.5, 0.6) is 0 Å². The molecule has 1 atom stereocenters. The molecule has 3 nitrogen and oxygen atoms in total. The molecule has 2 aliphatic rings. The summed E-state index contributed by atoms with van der Waals surface area (Å²) in [6.45, 7) is 0. The van der Waals surface area contributed by atoms with E-state index in [2.05, 4.69) is 323 Å². The summed E-state index contributed by atoms with van der Waals surface area (Å²) >= 11 is 0. The molecule has 1 spiro atoms. The third-order valence-electron chi connectivity index (χ3n) is 17.7. The molecule has 0 amide bonds. The minimum atomic E-state index is -0.528. The van der Waals surface area contributed by atoms with E-state index in [9.17, 15) is 0 Å². The Kier molecular flexibility index (Phi) is 10.2. The van der Waals surface area contributed by atoms with Crippen LogP contribution in [-0.2, 0) is 5.41 Å². The number of anilines is 3. The van der Waals surface area contributed by atoms with Crippen molar-refractivity contribution in [3.8, 4) is 67.0 Å². The van der Waals surface area contributed by atoms with E-state index in [1.807, 2.05) is 0 Å². The van der Waals surface area contributed by atoms with E-state index in [0.717, 1.165) is 39.4 Å². The Bertz CT molecular complexity index is 5030. The Morgan fingerprint density at radius 1 is 0.268 bits per heavy atom. The second-order valence-electron chi connectivity index (χ2n) is 21.9. The van der Waals surface area contributed by atoms with Crippen LogP contribution in [0.15, 0.2) is 309 Å². The number of nitrogens with zero attached hydrogens (tertiary/aromatic N) is 3. The summed E-state index contributed by atoms with van der Waals surface area (Å²) in [5, 5.41) is 5.05. The average molecular weight is 1040 g/mol. The van der Waals surface area contributed by atoms with Gasteiger partial charge in [-0.3, -0.25) is 0 Å². The van der Waals surface area contributed by atoms with E-state index in [1.54, 1.807) is 0 Å². The highest BCUT2D eigenvalue weighted by Gasteiger charge is 2.51. The lowest BCUT2D eigenvalue weighted by molar-refractivity contribution is 0.748. The quantitative estimate of drug-likeness (QED) is 0.148. The second kappa shape index (κ2) is 18.2. The number of para-hydroxylation sites is 6. The molecule has 0 bridgehead atoms. The predicted octanol–water partition coefficient (Wildman–Crippen LogP) is 20.7. The summed E-state index contributed by atoms with van der Waals surface area (Å²) in [5.41, 5.74) is 27.3. The van der Waals surface area contributed by atoms with Crippen LogP contribution < -0.4 is 4.90 Å². The maximum atomic E-state index is 2.52. The minimum Gasteiger partial charge on any atom is -0.310 e. The molecule has 1 unspecified atom stereocenters. The number of hydrogen-bond donors (Lipinski definition) is 0. The molecule has 2 aromatic heterocycles. The van der Waals surface area contributed by atoms with Gasteiger partial charge in [-0.05, 0) is 151 Å². The van der Waals surface area contributed by atoms with Crippen molar-refractivity contribution in [3.05, 3.63) is 332 Å². The van der Waals surface area contributed by atoms with Gasteiger partial charge >= 0.3 is 0 Å². The van der Waals surface area contributed by atoms with Crippen molar-refractivity contribution in [2.45, 2.75) is 5.41 Å². The van der Waals surface area contributed by atoms with Gasteiger partial charge in [-0.2, -0.15) is 0 Å². The summed E-state index contributed by atoms with van der Waals surface area (Å²) in [6.07, 6.45) is 0. The van der Waals surface area contributed by atoms with Crippen molar-refractivity contribution in [2.75, 3.05) is 4.90 Å². The normalized spacial score (nSPS) is 13.9. The van der Waals surface area contributed by atoms with Gasteiger partial charge in [0.15, 0.2) is 0 Å². The molecule has 0 saturated carbocycles. The molecule has 0 fully saturated rings. The fourth-order valence-electron chi connectivity index (χ4n) is 14.3. The Hall–Kier alpha value is -10.7. The predicted molar refractivity (Wildman–Crippen MR) is 342 cm³/mol. The van der Waals surface area contributed by atoms with Crippen molar-refractivity contribution in [1.82, 2.24) is 9.13 Å². The van der Waals surface area contributed by atoms with Crippen LogP contribution in [0.25, 0.3) is 111 Å². The van der Waals surface area contributed by atoms with Crippen molar-refractivity contribution in [3.63, 3.8) is 0 Å². The first kappa shape index (κ1) is 46.2. The first-order chi connectivity index (χ1) is 40.7. The van der Waals surface area contributed by atoms with Gasteiger partial charge in [0, 0.05) is 44.2 Å². The zero-order valence-electron chi connectivity index (χ0n) is 44.8. The second-order valence-corrected chi connectivity index (χ2v) is 21.9. The zero-order valence-corrected chi connectivity index (χ0v) is 44.8. The van der Waals surface area contributed by atoms with Crippen LogP contribution in [0, 0.1) is 0 Å². The van der Waals surface area contributed by atoms with E-state index in [0.29, 0.717) is 0 Å². The Labute approximate surface area is 476 Å². The highest BCUT2D eigenvalue weighted by molar-refractivity contribution is 6.14. The molecular weight excluding hydrogens is 991 g/mol. The Balaban J connectivity index is 0.813. The SMILES string of the molecule is c1ccc(-c2cccc(-c3ccccc3N(c3ccc(-c4ccc5c(c4)c4ccccc4n5-c4ccccc4)cc3)c3ccc(-c4cccc5c4-c4ccccc4C54c5ccccc5-n5c6ccccc6c6cccc4c65)cc3)c2)cc1. The summed E-state index contributed by atoms with van der Waals surface area (Å²) in [7, 11) is 0. The first-order valence-corrected chi connectivity index (χ1v) is 28.4. The maximum absolute atomic E-state index is 2.52. The highest BCUT2D eigenvalue weighted by Crippen LogP contribution is 2.62. The largest absolute Gasteiger partial charge is 0.310 e. The number of hydrogen-bond acceptors (Lipinski definition) is 1. The van der Waals surface area contributed by atoms with Crippen LogP contribution >= 0.6 is 0 Å². The maximum Gasteiger partial charge on any atom is 0.0754 e. The van der Waals surface area contributed by atoms with Crippen LogP contribution in [-0.4, -0.2) is 9.13 Å². The number of fused-ring (bicyclic) bond motifs is 15. The van der Waals surface area contributed by atoms with Gasteiger partial charge < -0.3 is 14.0 Å². The monoisotopic (exact) mass is 1040 g/mol. The molecule has 3 heteroatoms. The lowest BCUT2D eigenvalue weighted by Gasteiger charge is -2.39. The topological polar surface area (TPSA) is 13.1 Å². The number of aromatic nitrogens is 2. The summed E-state index contributed by atoms with van der Waals surface area (Å²) < 4.78 is 4.90. The van der Waals surface area contributed by atoms with Crippen LogP contribution in [0.2, 0.25) is 0 Å². The van der Waals surface area contributed by atoms with Gasteiger partial charge in [-0.1, -0.05) is 231 Å². The molecule has 82 heavy (non-hydrogen) atoms. The number of rotatable bonds is 8. The van der Waals surface area contributed by atoms with E-state index >= 15 is 0 Å². The fraction of sp³-hybridized carbons (Fsp3) is 0.0127. The van der Waals surface area contributed by atoms with Crippen molar-refractivity contribution < 1.29 is 0 Å². The molecule has 3 heterocycles. The van der Waals surface area contributed by atoms with Crippen LogP contribution in [0.3, 0.4) is 0 Å². The van der Waals surface area contributed by atoms with Gasteiger partial charge in [-0.15, -0.1) is 0 Å². The van der Waals surface area contributed by atoms with Crippen molar-refractivity contribution in [2.24, 2.45) is 0 Å². The summed E-state index contributed by atoms with van der Waals surface area (Å²) in [5.74, 6) is 0. The van der Waals surface area contributed by atoms with E-state index < -0.39 is 5.41 Å². The molecule has 15 aromatic rings. The van der Waals surface area contributed by atoms with E-state index in [-0.39, 0.29) is 0 Å². The molecular formula is C79H51N3. The third-order valence-corrected chi connectivity index (χ3v) is 17.7. The summed E-state index contributed by atoms with van der Waals surface area (Å²) in [4.78, 5) is 2.44. The van der Waals surface area contributed by atoms with Crippen LogP contribution in [0.1, 0.15) is 22.3 Å². The standard InChI is InChI=1S/C79H51N3/c1-3-20-52(21-4-1)55-22-17-23-57(50-55)61-26-8-13-36-72(61)80(59-45-40-53(41-46-59)56-44-49-75-67(51-56)64-28-10-14-37-73(64)81(75)58-24-5-2-6-25-58)60-47-42-54(43-48-60)62-30-18-34-70-77(62)66-29-7-11-32-68(66)79(70)69-33-12-16-39-76(69)82-74-38-15-9-27-63(74)65-31-19-35-71(79)78(65)82/h1-51H. The van der Waals surface area contributed by atoms with Gasteiger partial charge in [0.05, 0.1) is 38.9 Å². The molecule has 0 saturated heterocycles. The highest BCUT2D eigenvalue weighted by atomic mass is 15.1. The van der Waals surface area contributed by atoms with Gasteiger partial charge in [0.1, 0.15) is 0 Å². The molecule has 13 aromatic carbocycles.